The van der Waals surface area contributed by atoms with Crippen LogP contribution in [0.4, 0.5) is 0 Å². The first-order valence-corrected chi connectivity index (χ1v) is 3.77. The van der Waals surface area contributed by atoms with Crippen LogP contribution in [0.1, 0.15) is 19.3 Å². The molecule has 2 aliphatic rings. The molecular weight excluding hydrogens is 110 g/mol. The summed E-state index contributed by atoms with van der Waals surface area (Å²) >= 11 is 0. The van der Waals surface area contributed by atoms with E-state index in [1.807, 2.05) is 0 Å². The maximum atomic E-state index is 2.45. The van der Waals surface area contributed by atoms with Crippen LogP contribution in [0.5, 0.6) is 0 Å². The molecular formula is C8H13N. The van der Waals surface area contributed by atoms with Crippen LogP contribution >= 0.6 is 0 Å². The number of rotatable bonds is 0. The number of likely N-dealkylation sites (N-methyl/N-ethyl adjacent to an activating group) is 1. The van der Waals surface area contributed by atoms with E-state index in [0.717, 1.165) is 6.04 Å². The van der Waals surface area contributed by atoms with Crippen LogP contribution < -0.4 is 0 Å². The average Bonchev–Trinajstić information content (AvgIpc) is 2.35. The van der Waals surface area contributed by atoms with E-state index in [1.165, 1.54) is 25.8 Å². The molecule has 2 rings (SSSR count). The Kier molecular flexibility index (Phi) is 1.12. The van der Waals surface area contributed by atoms with Crippen LogP contribution in [0.2, 0.25) is 0 Å². The quantitative estimate of drug-likeness (QED) is 0.440. The molecule has 1 saturated carbocycles. The van der Waals surface area contributed by atoms with Crippen molar-refractivity contribution in [3.05, 3.63) is 11.6 Å². The number of hydrogen-bond donors (Lipinski definition) is 0. The molecule has 1 unspecified atom stereocenters. The van der Waals surface area contributed by atoms with Crippen molar-refractivity contribution in [1.82, 2.24) is 4.90 Å². The van der Waals surface area contributed by atoms with E-state index in [0.29, 0.717) is 0 Å². The van der Waals surface area contributed by atoms with Gasteiger partial charge in [-0.3, -0.25) is 4.90 Å². The number of hydrogen-bond acceptors (Lipinski definition) is 1. The number of fused-ring (bicyclic) bond motifs is 1. The second kappa shape index (κ2) is 1.84. The summed E-state index contributed by atoms with van der Waals surface area (Å²) in [4.78, 5) is 2.45. The molecule has 0 spiro atoms. The van der Waals surface area contributed by atoms with Crippen molar-refractivity contribution in [2.24, 2.45) is 0 Å². The van der Waals surface area contributed by atoms with E-state index >= 15 is 0 Å². The zero-order chi connectivity index (χ0) is 6.27. The van der Waals surface area contributed by atoms with Gasteiger partial charge in [0.15, 0.2) is 0 Å². The standard InChI is InChI=1S/C8H13N/c1-9-6-5-7-3-2-4-8(7)9/h5,8H,2-4,6H2,1H3. The predicted molar refractivity (Wildman–Crippen MR) is 38.4 cm³/mol. The van der Waals surface area contributed by atoms with Crippen molar-refractivity contribution in [3.63, 3.8) is 0 Å². The molecule has 0 bridgehead atoms. The number of nitrogens with zero attached hydrogens (tertiary/aromatic N) is 1. The molecule has 0 amide bonds. The van der Waals surface area contributed by atoms with E-state index in [1.54, 1.807) is 5.57 Å². The topological polar surface area (TPSA) is 3.24 Å². The van der Waals surface area contributed by atoms with Crippen molar-refractivity contribution in [2.75, 3.05) is 13.6 Å². The lowest BCUT2D eigenvalue weighted by molar-refractivity contribution is 0.326. The maximum Gasteiger partial charge on any atom is 0.0308 e. The third-order valence-corrected chi connectivity index (χ3v) is 2.54. The van der Waals surface area contributed by atoms with E-state index < -0.39 is 0 Å². The van der Waals surface area contributed by atoms with Gasteiger partial charge in [-0.1, -0.05) is 11.6 Å². The predicted octanol–water partition coefficient (Wildman–Crippen LogP) is 1.41. The molecule has 1 atom stereocenters. The Labute approximate surface area is 56.4 Å². The summed E-state index contributed by atoms with van der Waals surface area (Å²) < 4.78 is 0. The highest BCUT2D eigenvalue weighted by Crippen LogP contribution is 2.31. The molecule has 1 nitrogen and oxygen atoms in total. The lowest BCUT2D eigenvalue weighted by Crippen LogP contribution is -2.24. The minimum atomic E-state index is 0.838. The smallest absolute Gasteiger partial charge is 0.0308 e. The summed E-state index contributed by atoms with van der Waals surface area (Å²) in [5.41, 5.74) is 1.71. The van der Waals surface area contributed by atoms with Crippen molar-refractivity contribution in [1.29, 1.82) is 0 Å². The first-order chi connectivity index (χ1) is 4.38. The third-order valence-electron chi connectivity index (χ3n) is 2.54. The molecule has 0 aromatic heterocycles. The zero-order valence-electron chi connectivity index (χ0n) is 5.93. The lowest BCUT2D eigenvalue weighted by atomic mass is 10.2. The summed E-state index contributed by atoms with van der Waals surface area (Å²) in [5, 5.41) is 0. The molecule has 0 saturated heterocycles. The van der Waals surface area contributed by atoms with Gasteiger partial charge in [-0.05, 0) is 26.3 Å². The second-order valence-electron chi connectivity index (χ2n) is 3.13. The first-order valence-electron chi connectivity index (χ1n) is 3.77. The zero-order valence-corrected chi connectivity index (χ0v) is 5.93. The molecule has 50 valence electrons. The van der Waals surface area contributed by atoms with Gasteiger partial charge in [-0.25, -0.2) is 0 Å². The second-order valence-corrected chi connectivity index (χ2v) is 3.13. The van der Waals surface area contributed by atoms with E-state index in [2.05, 4.69) is 18.0 Å². The Bertz CT molecular complexity index is 149. The Balaban J connectivity index is 2.19. The highest BCUT2D eigenvalue weighted by molar-refractivity contribution is 5.21. The first kappa shape index (κ1) is 5.48. The highest BCUT2D eigenvalue weighted by Gasteiger charge is 2.27. The van der Waals surface area contributed by atoms with E-state index in [4.69, 9.17) is 0 Å². The van der Waals surface area contributed by atoms with E-state index in [-0.39, 0.29) is 0 Å². The monoisotopic (exact) mass is 123 g/mol. The van der Waals surface area contributed by atoms with Gasteiger partial charge in [0, 0.05) is 12.6 Å². The summed E-state index contributed by atoms with van der Waals surface area (Å²) in [6, 6.07) is 0.838. The molecule has 1 aliphatic carbocycles. The minimum absolute atomic E-state index is 0.838. The molecule has 1 fully saturated rings. The van der Waals surface area contributed by atoms with Crippen molar-refractivity contribution in [3.8, 4) is 0 Å². The fourth-order valence-electron chi connectivity index (χ4n) is 1.98. The van der Waals surface area contributed by atoms with Gasteiger partial charge < -0.3 is 0 Å². The fraction of sp³-hybridized carbons (Fsp3) is 0.750. The van der Waals surface area contributed by atoms with Crippen LogP contribution in [0.25, 0.3) is 0 Å². The summed E-state index contributed by atoms with van der Waals surface area (Å²) in [6.07, 6.45) is 6.59. The molecule has 9 heavy (non-hydrogen) atoms. The molecule has 0 N–H and O–H groups in total. The van der Waals surface area contributed by atoms with Gasteiger partial charge in [0.25, 0.3) is 0 Å². The van der Waals surface area contributed by atoms with Gasteiger partial charge in [0.1, 0.15) is 0 Å². The minimum Gasteiger partial charge on any atom is -0.296 e. The Morgan fingerprint density at radius 1 is 1.67 bits per heavy atom. The summed E-state index contributed by atoms with van der Waals surface area (Å²) in [5.74, 6) is 0. The van der Waals surface area contributed by atoms with Crippen molar-refractivity contribution < 1.29 is 0 Å². The van der Waals surface area contributed by atoms with Crippen LogP contribution in [0, 0.1) is 0 Å². The molecule has 0 aromatic rings. The Morgan fingerprint density at radius 2 is 2.56 bits per heavy atom. The largest absolute Gasteiger partial charge is 0.296 e. The molecule has 0 aromatic carbocycles. The normalized spacial score (nSPS) is 34.8. The molecule has 1 heteroatoms. The van der Waals surface area contributed by atoms with Crippen LogP contribution in [0.3, 0.4) is 0 Å². The molecule has 1 heterocycles. The fourth-order valence-corrected chi connectivity index (χ4v) is 1.98. The third kappa shape index (κ3) is 0.715. The average molecular weight is 123 g/mol. The van der Waals surface area contributed by atoms with E-state index in [9.17, 15) is 0 Å². The van der Waals surface area contributed by atoms with Crippen molar-refractivity contribution in [2.45, 2.75) is 25.3 Å². The van der Waals surface area contributed by atoms with Gasteiger partial charge in [0.2, 0.25) is 0 Å². The van der Waals surface area contributed by atoms with Gasteiger partial charge >= 0.3 is 0 Å². The Hall–Kier alpha value is -0.300. The summed E-state index contributed by atoms with van der Waals surface area (Å²) in [6.45, 7) is 1.19. The van der Waals surface area contributed by atoms with Gasteiger partial charge in [-0.2, -0.15) is 0 Å². The Morgan fingerprint density at radius 3 is 3.33 bits per heavy atom. The maximum absolute atomic E-state index is 2.45. The van der Waals surface area contributed by atoms with Gasteiger partial charge in [-0.15, -0.1) is 0 Å². The van der Waals surface area contributed by atoms with Crippen LogP contribution in [0.15, 0.2) is 11.6 Å². The summed E-state index contributed by atoms with van der Waals surface area (Å²) in [7, 11) is 2.22. The lowest BCUT2D eigenvalue weighted by Gasteiger charge is -2.16. The van der Waals surface area contributed by atoms with Crippen LogP contribution in [-0.4, -0.2) is 24.5 Å². The van der Waals surface area contributed by atoms with Crippen LogP contribution in [-0.2, 0) is 0 Å². The van der Waals surface area contributed by atoms with Crippen molar-refractivity contribution >= 4 is 0 Å². The molecule has 1 aliphatic heterocycles. The van der Waals surface area contributed by atoms with Gasteiger partial charge in [0.05, 0.1) is 0 Å². The highest BCUT2D eigenvalue weighted by atomic mass is 15.1. The molecule has 0 radical (unpaired) electrons. The SMILES string of the molecule is CN1CC=C2CCCC21.